The molecule has 0 radical (unpaired) electrons. The fourth-order valence-corrected chi connectivity index (χ4v) is 2.87. The van der Waals surface area contributed by atoms with Crippen LogP contribution in [0.5, 0.6) is 11.5 Å². The highest BCUT2D eigenvalue weighted by molar-refractivity contribution is 6.08. The Kier molecular flexibility index (Phi) is 6.80. The third kappa shape index (κ3) is 5.93. The van der Waals surface area contributed by atoms with Crippen molar-refractivity contribution in [3.8, 4) is 11.5 Å². The van der Waals surface area contributed by atoms with Gasteiger partial charge in [-0.15, -0.1) is 0 Å². The number of nitrogens with one attached hydrogen (secondary N) is 3. The summed E-state index contributed by atoms with van der Waals surface area (Å²) in [4.78, 5) is 24.8. The van der Waals surface area contributed by atoms with Crippen molar-refractivity contribution < 1.29 is 46.1 Å². The highest BCUT2D eigenvalue weighted by atomic mass is 19.4. The van der Waals surface area contributed by atoms with Gasteiger partial charge < -0.3 is 15.5 Å². The number of benzene rings is 3. The van der Waals surface area contributed by atoms with Crippen LogP contribution in [-0.2, 0) is 12.4 Å². The van der Waals surface area contributed by atoms with Crippen LogP contribution < -0.4 is 16.2 Å². The lowest BCUT2D eigenvalue weighted by Gasteiger charge is -2.16. The number of halogens is 6. The summed E-state index contributed by atoms with van der Waals surface area (Å²) >= 11 is 0. The van der Waals surface area contributed by atoms with E-state index in [-0.39, 0.29) is 11.4 Å². The Hall–Kier alpha value is -4.42. The van der Waals surface area contributed by atoms with Gasteiger partial charge in [-0.3, -0.25) is 20.4 Å². The molecule has 0 fully saturated rings. The maximum absolute atomic E-state index is 12.9. The quantitative estimate of drug-likeness (QED) is 0.247. The maximum Gasteiger partial charge on any atom is 0.416 e. The van der Waals surface area contributed by atoms with Crippen molar-refractivity contribution >= 4 is 23.2 Å². The molecule has 184 valence electrons. The van der Waals surface area contributed by atoms with Crippen LogP contribution in [0.25, 0.3) is 0 Å². The molecule has 7 nitrogen and oxygen atoms in total. The first kappa shape index (κ1) is 25.2. The van der Waals surface area contributed by atoms with Gasteiger partial charge >= 0.3 is 12.4 Å². The number of phenols is 2. The Morgan fingerprint density at radius 1 is 0.657 bits per heavy atom. The van der Waals surface area contributed by atoms with E-state index < -0.39 is 57.9 Å². The molecule has 0 bridgehead atoms. The maximum atomic E-state index is 12.9. The van der Waals surface area contributed by atoms with E-state index in [2.05, 4.69) is 16.2 Å². The zero-order valence-corrected chi connectivity index (χ0v) is 17.3. The molecule has 2 amide bonds. The SMILES string of the molecule is O=C(NNc1ccccc1NC(=O)c1cc(C(F)(F)F)ccc1O)c1cc(C(F)(F)F)ccc1O. The third-order valence-electron chi connectivity index (χ3n) is 4.62. The molecule has 3 rings (SSSR count). The Morgan fingerprint density at radius 2 is 1.11 bits per heavy atom. The average Bonchev–Trinajstić information content (AvgIpc) is 2.77. The third-order valence-corrected chi connectivity index (χ3v) is 4.62. The van der Waals surface area contributed by atoms with Gasteiger partial charge in [0.05, 0.1) is 33.6 Å². The van der Waals surface area contributed by atoms with Crippen molar-refractivity contribution in [2.45, 2.75) is 12.4 Å². The molecular formula is C22H15F6N3O4. The van der Waals surface area contributed by atoms with Gasteiger partial charge in [-0.25, -0.2) is 0 Å². The molecule has 0 atom stereocenters. The lowest BCUT2D eigenvalue weighted by Crippen LogP contribution is -2.30. The molecule has 0 heterocycles. The van der Waals surface area contributed by atoms with E-state index in [4.69, 9.17) is 0 Å². The number of phenolic OH excluding ortho intramolecular Hbond substituents is 2. The van der Waals surface area contributed by atoms with Gasteiger partial charge in [-0.05, 0) is 48.5 Å². The van der Waals surface area contributed by atoms with Crippen molar-refractivity contribution in [2.75, 3.05) is 10.7 Å². The summed E-state index contributed by atoms with van der Waals surface area (Å²) in [5, 5.41) is 21.9. The molecule has 0 saturated carbocycles. The summed E-state index contributed by atoms with van der Waals surface area (Å²) in [6.07, 6.45) is -9.52. The normalized spacial score (nSPS) is 11.6. The molecule has 35 heavy (non-hydrogen) atoms. The first-order chi connectivity index (χ1) is 16.3. The lowest BCUT2D eigenvalue weighted by molar-refractivity contribution is -0.138. The van der Waals surface area contributed by atoms with Gasteiger partial charge in [0.25, 0.3) is 11.8 Å². The molecule has 5 N–H and O–H groups in total. The Morgan fingerprint density at radius 3 is 1.60 bits per heavy atom. The largest absolute Gasteiger partial charge is 0.507 e. The van der Waals surface area contributed by atoms with E-state index in [0.717, 1.165) is 0 Å². The van der Waals surface area contributed by atoms with Crippen LogP contribution in [-0.4, -0.2) is 22.0 Å². The second kappa shape index (κ2) is 9.44. The summed E-state index contributed by atoms with van der Waals surface area (Å²) in [5.74, 6) is -3.69. The van der Waals surface area contributed by atoms with E-state index in [9.17, 15) is 46.1 Å². The number of alkyl halides is 6. The topological polar surface area (TPSA) is 111 Å². The summed E-state index contributed by atoms with van der Waals surface area (Å²) in [5.41, 5.74) is 0.653. The van der Waals surface area contributed by atoms with Gasteiger partial charge in [-0.1, -0.05) is 12.1 Å². The number of hydrogen-bond acceptors (Lipinski definition) is 5. The van der Waals surface area contributed by atoms with Gasteiger partial charge in [0.15, 0.2) is 0 Å². The summed E-state index contributed by atoms with van der Waals surface area (Å²) in [6.45, 7) is 0. The van der Waals surface area contributed by atoms with Crippen molar-refractivity contribution in [2.24, 2.45) is 0 Å². The second-order valence-corrected chi connectivity index (χ2v) is 7.04. The molecule has 0 saturated heterocycles. The second-order valence-electron chi connectivity index (χ2n) is 7.04. The number of rotatable bonds is 5. The number of para-hydroxylation sites is 2. The van der Waals surface area contributed by atoms with Crippen LogP contribution in [0.15, 0.2) is 60.7 Å². The molecule has 0 spiro atoms. The number of amides is 2. The van der Waals surface area contributed by atoms with E-state index in [0.29, 0.717) is 36.4 Å². The minimum Gasteiger partial charge on any atom is -0.507 e. The molecule has 0 aliphatic rings. The average molecular weight is 499 g/mol. The van der Waals surface area contributed by atoms with Gasteiger partial charge in [0, 0.05) is 0 Å². The molecule has 3 aromatic rings. The van der Waals surface area contributed by atoms with E-state index in [1.807, 2.05) is 0 Å². The predicted octanol–water partition coefficient (Wildman–Crippen LogP) is 5.14. The zero-order chi connectivity index (χ0) is 26.0. The molecule has 0 aliphatic heterocycles. The Bertz CT molecular complexity index is 1270. The lowest BCUT2D eigenvalue weighted by atomic mass is 10.1. The van der Waals surface area contributed by atoms with Crippen molar-refractivity contribution in [3.63, 3.8) is 0 Å². The van der Waals surface area contributed by atoms with Crippen molar-refractivity contribution in [1.82, 2.24) is 5.43 Å². The minimum absolute atomic E-state index is 0.00729. The summed E-state index contributed by atoms with van der Waals surface area (Å²) in [7, 11) is 0. The van der Waals surface area contributed by atoms with Crippen LogP contribution in [0.2, 0.25) is 0 Å². The van der Waals surface area contributed by atoms with Crippen LogP contribution in [0.4, 0.5) is 37.7 Å². The number of carbonyl (C=O) groups is 2. The molecule has 0 aromatic heterocycles. The van der Waals surface area contributed by atoms with Crippen molar-refractivity contribution in [1.29, 1.82) is 0 Å². The first-order valence-electron chi connectivity index (χ1n) is 9.54. The van der Waals surface area contributed by atoms with Gasteiger partial charge in [-0.2, -0.15) is 26.3 Å². The molecule has 3 aromatic carbocycles. The minimum atomic E-state index is -4.76. The Labute approximate surface area is 193 Å². The smallest absolute Gasteiger partial charge is 0.416 e. The number of hydrazine groups is 1. The Balaban J connectivity index is 1.79. The molecule has 0 aliphatic carbocycles. The molecule has 0 unspecified atom stereocenters. The number of aromatic hydroxyl groups is 2. The fraction of sp³-hybridized carbons (Fsp3) is 0.0909. The van der Waals surface area contributed by atoms with Gasteiger partial charge in [0.1, 0.15) is 11.5 Å². The van der Waals surface area contributed by atoms with Crippen LogP contribution in [0, 0.1) is 0 Å². The fourth-order valence-electron chi connectivity index (χ4n) is 2.87. The van der Waals surface area contributed by atoms with Gasteiger partial charge in [0.2, 0.25) is 0 Å². The number of anilines is 2. The van der Waals surface area contributed by atoms with Crippen LogP contribution in [0.1, 0.15) is 31.8 Å². The summed E-state index contributed by atoms with van der Waals surface area (Å²) < 4.78 is 77.5. The van der Waals surface area contributed by atoms with E-state index in [1.54, 1.807) is 0 Å². The van der Waals surface area contributed by atoms with Crippen LogP contribution >= 0.6 is 0 Å². The van der Waals surface area contributed by atoms with Crippen LogP contribution in [0.3, 0.4) is 0 Å². The molecule has 13 heteroatoms. The number of carbonyl (C=O) groups excluding carboxylic acids is 2. The highest BCUT2D eigenvalue weighted by Crippen LogP contribution is 2.34. The predicted molar refractivity (Wildman–Crippen MR) is 112 cm³/mol. The monoisotopic (exact) mass is 499 g/mol. The summed E-state index contributed by atoms with van der Waals surface area (Å²) in [6, 6.07) is 9.02. The van der Waals surface area contributed by atoms with E-state index >= 15 is 0 Å². The zero-order valence-electron chi connectivity index (χ0n) is 17.3. The first-order valence-corrected chi connectivity index (χ1v) is 9.54. The number of hydrogen-bond donors (Lipinski definition) is 5. The highest BCUT2D eigenvalue weighted by Gasteiger charge is 2.33. The molecular weight excluding hydrogens is 484 g/mol. The van der Waals surface area contributed by atoms with Crippen molar-refractivity contribution in [3.05, 3.63) is 82.9 Å². The standard InChI is InChI=1S/C22H15F6N3O4/c23-21(24,25)11-5-7-17(32)13(9-11)19(34)29-15-3-1-2-4-16(15)30-31-20(35)14-10-12(22(26,27)28)6-8-18(14)33/h1-10,30,32-33H,(H,29,34)(H,31,35). The van der Waals surface area contributed by atoms with E-state index in [1.165, 1.54) is 24.3 Å².